The summed E-state index contributed by atoms with van der Waals surface area (Å²) >= 11 is 0. The molecule has 3 N–H and O–H groups in total. The van der Waals surface area contributed by atoms with Crippen LogP contribution in [-0.4, -0.2) is 31.7 Å². The number of nitrogen functional groups attached to an aromatic ring is 1. The first-order chi connectivity index (χ1) is 9.31. The second-order valence-electron chi connectivity index (χ2n) is 4.77. The number of amidine groups is 1. The highest BCUT2D eigenvalue weighted by atomic mass is 19.4. The minimum atomic E-state index is -4.31. The van der Waals surface area contributed by atoms with Crippen LogP contribution >= 0.6 is 0 Å². The Morgan fingerprint density at radius 3 is 2.55 bits per heavy atom. The van der Waals surface area contributed by atoms with Gasteiger partial charge in [0.05, 0.1) is 12.8 Å². The monoisotopic (exact) mass is 287 g/mol. The summed E-state index contributed by atoms with van der Waals surface area (Å²) in [5.74, 6) is 0.188. The topological polar surface area (TPSA) is 62.3 Å². The van der Waals surface area contributed by atoms with E-state index in [9.17, 15) is 13.2 Å². The first-order valence-electron chi connectivity index (χ1n) is 6.17. The second kappa shape index (κ2) is 5.22. The van der Waals surface area contributed by atoms with Gasteiger partial charge in [-0.25, -0.2) is 0 Å². The maximum Gasteiger partial charge on any atom is 0.405 e. The summed E-state index contributed by atoms with van der Waals surface area (Å²) in [5.41, 5.74) is 6.06. The van der Waals surface area contributed by atoms with Crippen molar-refractivity contribution < 1.29 is 17.9 Å². The van der Waals surface area contributed by atoms with Crippen LogP contribution in [0.15, 0.2) is 18.2 Å². The number of ether oxygens (including phenoxy) is 1. The third-order valence-corrected chi connectivity index (χ3v) is 3.14. The highest BCUT2D eigenvalue weighted by molar-refractivity contribution is 6.00. The van der Waals surface area contributed by atoms with Gasteiger partial charge in [0.25, 0.3) is 0 Å². The number of nitrogens with two attached hydrogens (primary N) is 1. The van der Waals surface area contributed by atoms with Gasteiger partial charge in [-0.2, -0.15) is 13.2 Å². The van der Waals surface area contributed by atoms with Gasteiger partial charge in [-0.05, 0) is 25.0 Å². The summed E-state index contributed by atoms with van der Waals surface area (Å²) < 4.78 is 43.3. The van der Waals surface area contributed by atoms with Crippen molar-refractivity contribution in [1.82, 2.24) is 0 Å². The van der Waals surface area contributed by atoms with Crippen LogP contribution in [0.25, 0.3) is 0 Å². The summed E-state index contributed by atoms with van der Waals surface area (Å²) in [5, 5.41) is 7.52. The van der Waals surface area contributed by atoms with Crippen LogP contribution in [0.2, 0.25) is 0 Å². The van der Waals surface area contributed by atoms with Gasteiger partial charge in [0.15, 0.2) is 0 Å². The number of hydrogen-bond donors (Lipinski definition) is 2. The van der Waals surface area contributed by atoms with Crippen molar-refractivity contribution in [3.8, 4) is 5.75 Å². The minimum absolute atomic E-state index is 0.151. The summed E-state index contributed by atoms with van der Waals surface area (Å²) in [7, 11) is 1.44. The zero-order chi connectivity index (χ0) is 14.9. The number of rotatable bonds is 5. The average molecular weight is 287 g/mol. The number of nitrogens with one attached hydrogen (secondary N) is 1. The molecule has 0 atom stereocenters. The van der Waals surface area contributed by atoms with E-state index in [1.807, 2.05) is 0 Å². The third-order valence-electron chi connectivity index (χ3n) is 3.14. The summed E-state index contributed by atoms with van der Waals surface area (Å²) in [6, 6.07) is 4.45. The third kappa shape index (κ3) is 3.34. The van der Waals surface area contributed by atoms with Crippen LogP contribution in [0.1, 0.15) is 18.4 Å². The minimum Gasteiger partial charge on any atom is -0.497 e. The SMILES string of the molecule is COc1ccc(C(=N)N)c(N(CC(F)(F)F)C2CC2)c1. The molecule has 0 aromatic heterocycles. The van der Waals surface area contributed by atoms with Gasteiger partial charge in [-0.15, -0.1) is 0 Å². The lowest BCUT2D eigenvalue weighted by Crippen LogP contribution is -2.37. The van der Waals surface area contributed by atoms with Crippen molar-refractivity contribution in [2.45, 2.75) is 25.1 Å². The smallest absolute Gasteiger partial charge is 0.405 e. The maximum absolute atomic E-state index is 12.7. The molecule has 1 aromatic carbocycles. The molecular formula is C13H16F3N3O. The van der Waals surface area contributed by atoms with E-state index in [-0.39, 0.29) is 11.9 Å². The molecule has 0 saturated heterocycles. The van der Waals surface area contributed by atoms with Crippen molar-refractivity contribution in [1.29, 1.82) is 5.41 Å². The Balaban J connectivity index is 2.42. The molecule has 0 aliphatic heterocycles. The molecule has 1 saturated carbocycles. The zero-order valence-electron chi connectivity index (χ0n) is 11.0. The molecule has 1 aliphatic rings. The molecular weight excluding hydrogens is 271 g/mol. The molecule has 0 heterocycles. The number of hydrogen-bond acceptors (Lipinski definition) is 3. The van der Waals surface area contributed by atoms with E-state index in [1.165, 1.54) is 24.1 Å². The largest absolute Gasteiger partial charge is 0.497 e. The zero-order valence-corrected chi connectivity index (χ0v) is 11.0. The number of benzene rings is 1. The Morgan fingerprint density at radius 1 is 1.45 bits per heavy atom. The Kier molecular flexibility index (Phi) is 3.78. The van der Waals surface area contributed by atoms with Crippen LogP contribution in [0, 0.1) is 5.41 Å². The molecule has 20 heavy (non-hydrogen) atoms. The lowest BCUT2D eigenvalue weighted by Gasteiger charge is -2.28. The Hall–Kier alpha value is -1.92. The molecule has 0 radical (unpaired) electrons. The van der Waals surface area contributed by atoms with Crippen molar-refractivity contribution in [3.05, 3.63) is 23.8 Å². The number of anilines is 1. The van der Waals surface area contributed by atoms with Crippen LogP contribution in [0.3, 0.4) is 0 Å². The highest BCUT2D eigenvalue weighted by Crippen LogP contribution is 2.37. The van der Waals surface area contributed by atoms with Crippen LogP contribution in [0.5, 0.6) is 5.75 Å². The molecule has 0 amide bonds. The number of halogens is 3. The van der Waals surface area contributed by atoms with Gasteiger partial charge in [0, 0.05) is 17.7 Å². The lowest BCUT2D eigenvalue weighted by atomic mass is 10.1. The van der Waals surface area contributed by atoms with E-state index in [1.54, 1.807) is 6.07 Å². The van der Waals surface area contributed by atoms with Crippen molar-refractivity contribution in [2.24, 2.45) is 5.73 Å². The predicted molar refractivity (Wildman–Crippen MR) is 70.4 cm³/mol. The van der Waals surface area contributed by atoms with E-state index in [0.717, 1.165) is 0 Å². The normalized spacial score (nSPS) is 15.0. The van der Waals surface area contributed by atoms with Crippen LogP contribution < -0.4 is 15.4 Å². The van der Waals surface area contributed by atoms with E-state index in [2.05, 4.69) is 0 Å². The molecule has 0 unspecified atom stereocenters. The lowest BCUT2D eigenvalue weighted by molar-refractivity contribution is -0.120. The van der Waals surface area contributed by atoms with Gasteiger partial charge < -0.3 is 15.4 Å². The molecule has 1 fully saturated rings. The fraction of sp³-hybridized carbons (Fsp3) is 0.462. The summed E-state index contributed by atoms with van der Waals surface area (Å²) in [4.78, 5) is 1.26. The van der Waals surface area contributed by atoms with Gasteiger partial charge in [-0.1, -0.05) is 0 Å². The van der Waals surface area contributed by atoms with E-state index in [0.29, 0.717) is 29.8 Å². The van der Waals surface area contributed by atoms with E-state index >= 15 is 0 Å². The first kappa shape index (κ1) is 14.5. The molecule has 110 valence electrons. The molecule has 0 spiro atoms. The molecule has 0 bridgehead atoms. The second-order valence-corrected chi connectivity index (χ2v) is 4.77. The van der Waals surface area contributed by atoms with Crippen molar-refractivity contribution in [2.75, 3.05) is 18.6 Å². The maximum atomic E-state index is 12.7. The van der Waals surface area contributed by atoms with E-state index < -0.39 is 12.7 Å². The standard InChI is InChI=1S/C13H16F3N3O/c1-20-9-4-5-10(12(17)18)11(6-9)19(8-2-3-8)7-13(14,15)16/h4-6,8H,2-3,7H2,1H3,(H3,17,18). The first-order valence-corrected chi connectivity index (χ1v) is 6.17. The summed E-state index contributed by atoms with van der Waals surface area (Å²) in [6.45, 7) is -1.05. The number of methoxy groups -OCH3 is 1. The fourth-order valence-electron chi connectivity index (χ4n) is 2.09. The van der Waals surface area contributed by atoms with Gasteiger partial charge in [0.2, 0.25) is 0 Å². The Labute approximate surface area is 114 Å². The number of nitrogens with zero attached hydrogens (tertiary/aromatic N) is 1. The molecule has 1 aromatic rings. The highest BCUT2D eigenvalue weighted by Gasteiger charge is 2.39. The quantitative estimate of drug-likeness (QED) is 0.646. The van der Waals surface area contributed by atoms with Gasteiger partial charge >= 0.3 is 6.18 Å². The Bertz CT molecular complexity index is 512. The molecule has 2 rings (SSSR count). The van der Waals surface area contributed by atoms with Gasteiger partial charge in [-0.3, -0.25) is 5.41 Å². The van der Waals surface area contributed by atoms with Crippen LogP contribution in [0.4, 0.5) is 18.9 Å². The number of alkyl halides is 3. The molecule has 4 nitrogen and oxygen atoms in total. The Morgan fingerprint density at radius 2 is 2.10 bits per heavy atom. The average Bonchev–Trinajstić information content (AvgIpc) is 3.18. The molecule has 7 heteroatoms. The van der Waals surface area contributed by atoms with Crippen LogP contribution in [-0.2, 0) is 0 Å². The van der Waals surface area contributed by atoms with Crippen molar-refractivity contribution in [3.63, 3.8) is 0 Å². The fourth-order valence-corrected chi connectivity index (χ4v) is 2.09. The molecule has 1 aliphatic carbocycles. The van der Waals surface area contributed by atoms with Crippen molar-refractivity contribution >= 4 is 11.5 Å². The summed E-state index contributed by atoms with van der Waals surface area (Å²) in [6.07, 6.45) is -2.88. The van der Waals surface area contributed by atoms with E-state index in [4.69, 9.17) is 15.9 Å². The predicted octanol–water partition coefficient (Wildman–Crippen LogP) is 2.51. The van der Waals surface area contributed by atoms with Gasteiger partial charge in [0.1, 0.15) is 18.1 Å².